The molecule has 25 heavy (non-hydrogen) atoms. The number of alkyl halides is 3. The second-order valence-corrected chi connectivity index (χ2v) is 6.70. The molecule has 0 saturated carbocycles. The number of nitrogens with zero attached hydrogens (tertiary/aromatic N) is 1. The van der Waals surface area contributed by atoms with E-state index in [0.717, 1.165) is 27.7 Å². The van der Waals surface area contributed by atoms with Crippen LogP contribution in [0.1, 0.15) is 24.5 Å². The average molecular weight is 410 g/mol. The number of halogens is 4. The third kappa shape index (κ3) is 3.49. The Morgan fingerprint density at radius 2 is 1.84 bits per heavy atom. The van der Waals surface area contributed by atoms with E-state index in [0.29, 0.717) is 18.5 Å². The normalized spacial score (nSPS) is 15.2. The van der Waals surface area contributed by atoms with Crippen LogP contribution in [-0.2, 0) is 11.0 Å². The maximum Gasteiger partial charge on any atom is 0.416 e. The highest BCUT2D eigenvalue weighted by atomic mass is 79.9. The van der Waals surface area contributed by atoms with E-state index in [1.807, 2.05) is 31.2 Å². The van der Waals surface area contributed by atoms with Crippen LogP contribution in [0.15, 0.2) is 58.6 Å². The molecular weight excluding hydrogens is 395 g/mol. The first-order chi connectivity index (χ1) is 11.8. The summed E-state index contributed by atoms with van der Waals surface area (Å²) in [6, 6.07) is 12.3. The minimum Gasteiger partial charge on any atom is -0.304 e. The van der Waals surface area contributed by atoms with Crippen LogP contribution in [0.25, 0.3) is 5.57 Å². The van der Waals surface area contributed by atoms with E-state index >= 15 is 0 Å². The highest BCUT2D eigenvalue weighted by Gasteiger charge is 2.34. The standard InChI is InChI=1S/C19H15BrF3NO/c1-2-12-11-24(16-8-4-6-14(10-16)19(21,22)23)18(25)17(12)13-5-3-7-15(20)9-13/h3-10H,2,11H2,1H3. The highest BCUT2D eigenvalue weighted by Crippen LogP contribution is 2.36. The van der Waals surface area contributed by atoms with Gasteiger partial charge in [-0.3, -0.25) is 4.79 Å². The molecule has 0 bridgehead atoms. The fourth-order valence-corrected chi connectivity index (χ4v) is 3.35. The van der Waals surface area contributed by atoms with Crippen molar-refractivity contribution in [1.29, 1.82) is 0 Å². The molecule has 2 aromatic carbocycles. The van der Waals surface area contributed by atoms with Crippen molar-refractivity contribution in [1.82, 2.24) is 0 Å². The van der Waals surface area contributed by atoms with E-state index in [4.69, 9.17) is 0 Å². The van der Waals surface area contributed by atoms with Gasteiger partial charge in [-0.1, -0.05) is 41.1 Å². The SMILES string of the molecule is CCC1=C(c2cccc(Br)c2)C(=O)N(c2cccc(C(F)(F)F)c2)C1. The van der Waals surface area contributed by atoms with Crippen molar-refractivity contribution in [3.05, 3.63) is 69.7 Å². The number of rotatable bonds is 3. The summed E-state index contributed by atoms with van der Waals surface area (Å²) in [4.78, 5) is 14.3. The van der Waals surface area contributed by atoms with Crippen molar-refractivity contribution in [2.24, 2.45) is 0 Å². The molecule has 6 heteroatoms. The van der Waals surface area contributed by atoms with Crippen LogP contribution in [0.5, 0.6) is 0 Å². The molecule has 1 aliphatic heterocycles. The third-order valence-corrected chi connectivity index (χ3v) is 4.68. The lowest BCUT2D eigenvalue weighted by Crippen LogP contribution is -2.26. The van der Waals surface area contributed by atoms with Gasteiger partial charge in [0.15, 0.2) is 0 Å². The van der Waals surface area contributed by atoms with Crippen LogP contribution < -0.4 is 4.90 Å². The Bertz CT molecular complexity index is 858. The van der Waals surface area contributed by atoms with Crippen molar-refractivity contribution in [2.75, 3.05) is 11.4 Å². The summed E-state index contributed by atoms with van der Waals surface area (Å²) in [6.45, 7) is 2.24. The van der Waals surface area contributed by atoms with E-state index in [1.165, 1.54) is 17.0 Å². The van der Waals surface area contributed by atoms with Crippen LogP contribution in [-0.4, -0.2) is 12.5 Å². The van der Waals surface area contributed by atoms with Gasteiger partial charge < -0.3 is 4.90 Å². The smallest absolute Gasteiger partial charge is 0.304 e. The van der Waals surface area contributed by atoms with Gasteiger partial charge in [0.25, 0.3) is 5.91 Å². The first kappa shape index (κ1) is 17.7. The summed E-state index contributed by atoms with van der Waals surface area (Å²) in [7, 11) is 0. The van der Waals surface area contributed by atoms with E-state index in [-0.39, 0.29) is 11.6 Å². The van der Waals surface area contributed by atoms with Crippen molar-refractivity contribution < 1.29 is 18.0 Å². The van der Waals surface area contributed by atoms with Gasteiger partial charge >= 0.3 is 6.18 Å². The lowest BCUT2D eigenvalue weighted by atomic mass is 10.0. The maximum atomic E-state index is 13.0. The molecule has 1 aliphatic rings. The number of hydrogen-bond donors (Lipinski definition) is 0. The summed E-state index contributed by atoms with van der Waals surface area (Å²) in [6.07, 6.45) is -3.78. The molecule has 0 unspecified atom stereocenters. The Hall–Kier alpha value is -2.08. The highest BCUT2D eigenvalue weighted by molar-refractivity contribution is 9.10. The van der Waals surface area contributed by atoms with E-state index in [9.17, 15) is 18.0 Å². The number of carbonyl (C=O) groups excluding carboxylic acids is 1. The molecule has 0 aliphatic carbocycles. The van der Waals surface area contributed by atoms with Gasteiger partial charge in [-0.15, -0.1) is 0 Å². The van der Waals surface area contributed by atoms with E-state index in [2.05, 4.69) is 15.9 Å². The third-order valence-electron chi connectivity index (χ3n) is 4.19. The lowest BCUT2D eigenvalue weighted by molar-refractivity contribution is -0.137. The van der Waals surface area contributed by atoms with Crippen LogP contribution in [0.3, 0.4) is 0 Å². The van der Waals surface area contributed by atoms with Gasteiger partial charge in [-0.25, -0.2) is 0 Å². The zero-order valence-electron chi connectivity index (χ0n) is 13.4. The number of amides is 1. The molecule has 1 amide bonds. The number of hydrogen-bond acceptors (Lipinski definition) is 1. The van der Waals surface area contributed by atoms with E-state index in [1.54, 1.807) is 0 Å². The Balaban J connectivity index is 1.99. The first-order valence-electron chi connectivity index (χ1n) is 7.78. The zero-order valence-corrected chi connectivity index (χ0v) is 15.0. The molecular formula is C19H15BrF3NO. The minimum atomic E-state index is -4.44. The molecule has 3 rings (SSSR count). The molecule has 0 aromatic heterocycles. The van der Waals surface area contributed by atoms with E-state index < -0.39 is 11.7 Å². The second kappa shape index (κ2) is 6.67. The molecule has 0 N–H and O–H groups in total. The van der Waals surface area contributed by atoms with Crippen molar-refractivity contribution in [2.45, 2.75) is 19.5 Å². The summed E-state index contributed by atoms with van der Waals surface area (Å²) in [5, 5.41) is 0. The molecule has 0 atom stereocenters. The van der Waals surface area contributed by atoms with Crippen molar-refractivity contribution in [3.63, 3.8) is 0 Å². The Morgan fingerprint density at radius 3 is 2.48 bits per heavy atom. The monoisotopic (exact) mass is 409 g/mol. The van der Waals surface area contributed by atoms with Crippen LogP contribution in [0.2, 0.25) is 0 Å². The minimum absolute atomic E-state index is 0.260. The predicted molar refractivity (Wildman–Crippen MR) is 95.2 cm³/mol. The maximum absolute atomic E-state index is 13.0. The van der Waals surface area contributed by atoms with Crippen molar-refractivity contribution in [3.8, 4) is 0 Å². The quantitative estimate of drug-likeness (QED) is 0.638. The number of anilines is 1. The fraction of sp³-hybridized carbons (Fsp3) is 0.211. The molecule has 1 heterocycles. The van der Waals surface area contributed by atoms with Gasteiger partial charge in [0.1, 0.15) is 0 Å². The van der Waals surface area contributed by atoms with Gasteiger partial charge in [0.2, 0.25) is 0 Å². The van der Waals surface area contributed by atoms with Crippen LogP contribution in [0.4, 0.5) is 18.9 Å². The average Bonchev–Trinajstić information content (AvgIpc) is 2.91. The first-order valence-corrected chi connectivity index (χ1v) is 8.57. The number of benzene rings is 2. The Morgan fingerprint density at radius 1 is 1.12 bits per heavy atom. The van der Waals surface area contributed by atoms with Gasteiger partial charge in [0.05, 0.1) is 5.56 Å². The van der Waals surface area contributed by atoms with Crippen molar-refractivity contribution >= 4 is 33.1 Å². The van der Waals surface area contributed by atoms with Gasteiger partial charge in [0, 0.05) is 22.3 Å². The summed E-state index contributed by atoms with van der Waals surface area (Å²) >= 11 is 3.39. The molecule has 2 aromatic rings. The van der Waals surface area contributed by atoms with Gasteiger partial charge in [-0.2, -0.15) is 13.2 Å². The molecule has 0 radical (unpaired) electrons. The van der Waals surface area contributed by atoms with Gasteiger partial charge in [-0.05, 0) is 47.9 Å². The summed E-state index contributed by atoms with van der Waals surface area (Å²) in [5.74, 6) is -0.269. The van der Waals surface area contributed by atoms with Crippen LogP contribution in [0, 0.1) is 0 Å². The summed E-state index contributed by atoms with van der Waals surface area (Å²) < 4.78 is 39.7. The largest absolute Gasteiger partial charge is 0.416 e. The molecule has 2 nitrogen and oxygen atoms in total. The fourth-order valence-electron chi connectivity index (χ4n) is 2.95. The Kier molecular flexibility index (Phi) is 4.73. The zero-order chi connectivity index (χ0) is 18.2. The second-order valence-electron chi connectivity index (χ2n) is 5.78. The molecule has 0 spiro atoms. The molecule has 130 valence electrons. The predicted octanol–water partition coefficient (Wildman–Crippen LogP) is 5.68. The van der Waals surface area contributed by atoms with Crippen LogP contribution >= 0.6 is 15.9 Å². The number of carbonyl (C=O) groups is 1. The lowest BCUT2D eigenvalue weighted by Gasteiger charge is -2.19. The molecule has 0 saturated heterocycles. The molecule has 0 fully saturated rings. The topological polar surface area (TPSA) is 20.3 Å². The Labute approximate surface area is 152 Å². The summed E-state index contributed by atoms with van der Waals surface area (Å²) in [5.41, 5.74) is 1.76.